The molecule has 3 rings (SSSR count). The van der Waals surface area contributed by atoms with Crippen molar-refractivity contribution < 1.29 is 18.3 Å². The third-order valence-corrected chi connectivity index (χ3v) is 7.04. The number of rotatable bonds is 4. The van der Waals surface area contributed by atoms with E-state index in [1.807, 2.05) is 0 Å². The lowest BCUT2D eigenvalue weighted by Gasteiger charge is -2.32. The number of benzene rings is 1. The Bertz CT molecular complexity index is 692. The van der Waals surface area contributed by atoms with Crippen molar-refractivity contribution in [3.63, 3.8) is 0 Å². The summed E-state index contributed by atoms with van der Waals surface area (Å²) in [5, 5.41) is 12.7. The fourth-order valence-electron chi connectivity index (χ4n) is 3.56. The molecule has 1 aromatic carbocycles. The first-order valence-corrected chi connectivity index (χ1v) is 10.1. The summed E-state index contributed by atoms with van der Waals surface area (Å²) in [6, 6.07) is 8.01. The number of hydrogen-bond acceptors (Lipinski definition) is 5. The van der Waals surface area contributed by atoms with Gasteiger partial charge < -0.3 is 16.2 Å². The van der Waals surface area contributed by atoms with E-state index < -0.39 is 16.1 Å². The number of nitrogens with zero attached hydrogens (tertiary/aromatic N) is 1. The van der Waals surface area contributed by atoms with Crippen molar-refractivity contribution in [3.05, 3.63) is 30.3 Å². The first-order valence-electron chi connectivity index (χ1n) is 8.67. The van der Waals surface area contributed by atoms with Crippen LogP contribution in [0.3, 0.4) is 0 Å². The Hall–Kier alpha value is -1.48. The van der Waals surface area contributed by atoms with E-state index in [9.17, 15) is 18.3 Å². The van der Waals surface area contributed by atoms with Crippen molar-refractivity contribution in [1.29, 1.82) is 0 Å². The monoisotopic (exact) mass is 367 g/mol. The summed E-state index contributed by atoms with van der Waals surface area (Å²) in [6.45, 7) is 0.768. The predicted molar refractivity (Wildman–Crippen MR) is 93.1 cm³/mol. The first-order chi connectivity index (χ1) is 11.9. The molecular weight excluding hydrogens is 342 g/mol. The Morgan fingerprint density at radius 3 is 2.36 bits per heavy atom. The molecule has 0 aromatic heterocycles. The largest absolute Gasteiger partial charge is 0.391 e. The Balaban J connectivity index is 1.53. The van der Waals surface area contributed by atoms with Crippen LogP contribution in [0.15, 0.2) is 35.2 Å². The maximum absolute atomic E-state index is 12.6. The number of carbonyl (C=O) groups is 1. The molecule has 7 nitrogen and oxygen atoms in total. The first kappa shape index (κ1) is 18.3. The van der Waals surface area contributed by atoms with Gasteiger partial charge in [0.05, 0.1) is 11.0 Å². The van der Waals surface area contributed by atoms with E-state index in [0.29, 0.717) is 43.7 Å². The van der Waals surface area contributed by atoms with Crippen LogP contribution in [0.5, 0.6) is 0 Å². The van der Waals surface area contributed by atoms with Crippen LogP contribution in [0.4, 0.5) is 0 Å². The van der Waals surface area contributed by atoms with E-state index in [2.05, 4.69) is 5.32 Å². The molecule has 0 bridgehead atoms. The number of nitrogens with one attached hydrogen (secondary N) is 1. The Labute approximate surface area is 148 Å². The Kier molecular flexibility index (Phi) is 5.43. The summed E-state index contributed by atoms with van der Waals surface area (Å²) in [5.74, 6) is -0.340. The van der Waals surface area contributed by atoms with E-state index in [-0.39, 0.29) is 23.9 Å². The molecule has 1 aliphatic carbocycles. The molecule has 1 aliphatic heterocycles. The van der Waals surface area contributed by atoms with Crippen LogP contribution >= 0.6 is 0 Å². The topological polar surface area (TPSA) is 113 Å². The highest BCUT2D eigenvalue weighted by Crippen LogP contribution is 2.26. The minimum absolute atomic E-state index is 0.0382. The van der Waals surface area contributed by atoms with Gasteiger partial charge in [-0.2, -0.15) is 4.31 Å². The van der Waals surface area contributed by atoms with Gasteiger partial charge in [-0.05, 0) is 37.8 Å². The Morgan fingerprint density at radius 2 is 1.80 bits per heavy atom. The van der Waals surface area contributed by atoms with Gasteiger partial charge in [-0.1, -0.05) is 18.2 Å². The number of carbonyl (C=O) groups excluding carboxylic acids is 1. The number of piperidine rings is 1. The standard InChI is InChI=1S/C17H25N3O4S/c18-15-10-12(11-16(15)21)17(22)19-13-6-8-20(9-7-13)25(23,24)14-4-2-1-3-5-14/h1-5,12-13,15-16,21H,6-11,18H2,(H,19,22)/t12-,15-,16-/m0/s1. The summed E-state index contributed by atoms with van der Waals surface area (Å²) in [5.41, 5.74) is 5.76. The molecule has 1 saturated carbocycles. The zero-order valence-electron chi connectivity index (χ0n) is 14.0. The minimum atomic E-state index is -3.47. The van der Waals surface area contributed by atoms with E-state index in [1.54, 1.807) is 30.3 Å². The van der Waals surface area contributed by atoms with Crippen LogP contribution in [0.25, 0.3) is 0 Å². The lowest BCUT2D eigenvalue weighted by atomic mass is 10.0. The van der Waals surface area contributed by atoms with Crippen LogP contribution in [-0.2, 0) is 14.8 Å². The lowest BCUT2D eigenvalue weighted by molar-refractivity contribution is -0.126. The summed E-state index contributed by atoms with van der Waals surface area (Å²) in [7, 11) is -3.47. The Morgan fingerprint density at radius 1 is 1.16 bits per heavy atom. The maximum atomic E-state index is 12.6. The number of sulfonamides is 1. The van der Waals surface area contributed by atoms with Crippen LogP contribution in [-0.4, -0.2) is 55.0 Å². The van der Waals surface area contributed by atoms with Gasteiger partial charge in [0.15, 0.2) is 0 Å². The van der Waals surface area contributed by atoms with Gasteiger partial charge in [0, 0.05) is 31.1 Å². The minimum Gasteiger partial charge on any atom is -0.391 e. The number of nitrogens with two attached hydrogens (primary N) is 1. The highest BCUT2D eigenvalue weighted by Gasteiger charge is 2.36. The quantitative estimate of drug-likeness (QED) is 0.696. The maximum Gasteiger partial charge on any atom is 0.243 e. The van der Waals surface area contributed by atoms with Gasteiger partial charge in [0.2, 0.25) is 15.9 Å². The molecule has 1 saturated heterocycles. The molecule has 0 spiro atoms. The third kappa shape index (κ3) is 4.03. The molecule has 2 fully saturated rings. The zero-order valence-corrected chi connectivity index (χ0v) is 14.9. The lowest BCUT2D eigenvalue weighted by Crippen LogP contribution is -2.47. The van der Waals surface area contributed by atoms with Crippen LogP contribution in [0.1, 0.15) is 25.7 Å². The van der Waals surface area contributed by atoms with E-state index >= 15 is 0 Å². The SMILES string of the molecule is N[C@H]1C[C@H](C(=O)NC2CCN(S(=O)(=O)c3ccccc3)CC2)C[C@@H]1O. The summed E-state index contributed by atoms with van der Waals surface area (Å²) >= 11 is 0. The molecule has 1 aromatic rings. The molecule has 3 atom stereocenters. The average Bonchev–Trinajstić information content (AvgIpc) is 2.95. The number of aliphatic hydroxyl groups is 1. The normalized spacial score (nSPS) is 28.8. The van der Waals surface area contributed by atoms with Crippen molar-refractivity contribution >= 4 is 15.9 Å². The van der Waals surface area contributed by atoms with Crippen molar-refractivity contribution in [2.24, 2.45) is 11.7 Å². The third-order valence-electron chi connectivity index (χ3n) is 5.13. The number of hydrogen-bond donors (Lipinski definition) is 3. The highest BCUT2D eigenvalue weighted by molar-refractivity contribution is 7.89. The van der Waals surface area contributed by atoms with Crippen molar-refractivity contribution in [2.45, 2.75) is 48.8 Å². The van der Waals surface area contributed by atoms with Gasteiger partial charge in [0.25, 0.3) is 0 Å². The van der Waals surface area contributed by atoms with Gasteiger partial charge in [-0.15, -0.1) is 0 Å². The van der Waals surface area contributed by atoms with Crippen molar-refractivity contribution in [2.75, 3.05) is 13.1 Å². The fraction of sp³-hybridized carbons (Fsp3) is 0.588. The van der Waals surface area contributed by atoms with Crippen LogP contribution < -0.4 is 11.1 Å². The molecule has 25 heavy (non-hydrogen) atoms. The molecule has 0 unspecified atom stereocenters. The molecule has 0 radical (unpaired) electrons. The van der Waals surface area contributed by atoms with Gasteiger partial charge in [-0.3, -0.25) is 4.79 Å². The van der Waals surface area contributed by atoms with E-state index in [1.165, 1.54) is 4.31 Å². The fourth-order valence-corrected chi connectivity index (χ4v) is 5.05. The molecule has 2 aliphatic rings. The van der Waals surface area contributed by atoms with Gasteiger partial charge in [-0.25, -0.2) is 8.42 Å². The van der Waals surface area contributed by atoms with Crippen molar-refractivity contribution in [1.82, 2.24) is 9.62 Å². The second-order valence-electron chi connectivity index (χ2n) is 6.90. The second kappa shape index (κ2) is 7.41. The van der Waals surface area contributed by atoms with E-state index in [0.717, 1.165) is 0 Å². The number of amides is 1. The molecule has 138 valence electrons. The van der Waals surface area contributed by atoms with Gasteiger partial charge in [0.1, 0.15) is 0 Å². The summed E-state index contributed by atoms with van der Waals surface area (Å²) in [4.78, 5) is 12.6. The summed E-state index contributed by atoms with van der Waals surface area (Å²) in [6.07, 6.45) is 1.44. The second-order valence-corrected chi connectivity index (χ2v) is 8.84. The average molecular weight is 367 g/mol. The smallest absolute Gasteiger partial charge is 0.243 e. The number of aliphatic hydroxyl groups excluding tert-OH is 1. The predicted octanol–water partition coefficient (Wildman–Crippen LogP) is 0.0541. The van der Waals surface area contributed by atoms with E-state index in [4.69, 9.17) is 5.73 Å². The van der Waals surface area contributed by atoms with Crippen molar-refractivity contribution in [3.8, 4) is 0 Å². The highest BCUT2D eigenvalue weighted by atomic mass is 32.2. The zero-order chi connectivity index (χ0) is 18.0. The molecule has 4 N–H and O–H groups in total. The van der Waals surface area contributed by atoms with Crippen LogP contribution in [0, 0.1) is 5.92 Å². The molecular formula is C17H25N3O4S. The van der Waals surface area contributed by atoms with Crippen LogP contribution in [0.2, 0.25) is 0 Å². The molecule has 1 amide bonds. The van der Waals surface area contributed by atoms with Gasteiger partial charge >= 0.3 is 0 Å². The molecule has 1 heterocycles. The summed E-state index contributed by atoms with van der Waals surface area (Å²) < 4.78 is 26.7. The molecule has 8 heteroatoms.